The maximum absolute atomic E-state index is 12.6. The Hall–Kier alpha value is -0.950. The van der Waals surface area contributed by atoms with Crippen molar-refractivity contribution >= 4 is 19.4 Å². The molecule has 0 bridgehead atoms. The molecular weight excluding hydrogens is 335 g/mol. The Morgan fingerprint density at radius 3 is 2.25 bits per heavy atom. The van der Waals surface area contributed by atoms with Gasteiger partial charge >= 0.3 is 7.60 Å². The number of amides is 2. The molecule has 0 saturated carbocycles. The van der Waals surface area contributed by atoms with Gasteiger partial charge in [-0.2, -0.15) is 0 Å². The van der Waals surface area contributed by atoms with E-state index in [1.807, 2.05) is 20.8 Å². The van der Waals surface area contributed by atoms with Gasteiger partial charge in [0.1, 0.15) is 6.04 Å². The summed E-state index contributed by atoms with van der Waals surface area (Å²) in [5, 5.41) is 2.49. The summed E-state index contributed by atoms with van der Waals surface area (Å²) in [6.07, 6.45) is 0.972. The van der Waals surface area contributed by atoms with Crippen LogP contribution in [0.25, 0.3) is 0 Å². The second-order valence-electron chi connectivity index (χ2n) is 7.18. The van der Waals surface area contributed by atoms with E-state index in [1.54, 1.807) is 4.90 Å². The highest BCUT2D eigenvalue weighted by Crippen LogP contribution is 2.35. The average Bonchev–Trinajstić information content (AvgIpc) is 2.40. The molecule has 1 unspecified atom stereocenters. The molecule has 0 aromatic rings. The van der Waals surface area contributed by atoms with Crippen molar-refractivity contribution < 1.29 is 28.7 Å². The summed E-state index contributed by atoms with van der Waals surface area (Å²) >= 11 is 0. The van der Waals surface area contributed by atoms with E-state index in [-0.39, 0.29) is 24.0 Å². The molecule has 1 atom stereocenters. The summed E-state index contributed by atoms with van der Waals surface area (Å²) in [4.78, 5) is 43.5. The molecule has 1 rings (SSSR count). The first-order chi connectivity index (χ1) is 10.9. The number of rotatable bonds is 6. The first-order valence-corrected chi connectivity index (χ1v) is 9.95. The zero-order valence-corrected chi connectivity index (χ0v) is 15.7. The van der Waals surface area contributed by atoms with E-state index in [9.17, 15) is 14.2 Å². The van der Waals surface area contributed by atoms with Gasteiger partial charge in [-0.1, -0.05) is 0 Å². The van der Waals surface area contributed by atoms with Gasteiger partial charge in [-0.15, -0.1) is 0 Å². The lowest BCUT2D eigenvalue weighted by Gasteiger charge is -2.37. The summed E-state index contributed by atoms with van der Waals surface area (Å²) in [6, 6.07) is -0.907. The molecule has 0 aliphatic carbocycles. The predicted octanol–water partition coefficient (Wildman–Crippen LogP) is 0.865. The molecular formula is C15H29N2O6P. The number of hydrogen-bond donors (Lipinski definition) is 3. The highest BCUT2D eigenvalue weighted by Gasteiger charge is 2.31. The number of carbonyl (C=O) groups is 2. The molecule has 24 heavy (non-hydrogen) atoms. The number of nitrogens with zero attached hydrogens (tertiary/aromatic N) is 1. The first-order valence-electron chi connectivity index (χ1n) is 8.16. The summed E-state index contributed by atoms with van der Waals surface area (Å²) < 4.78 is 16.9. The van der Waals surface area contributed by atoms with E-state index >= 15 is 0 Å². The van der Waals surface area contributed by atoms with Crippen molar-refractivity contribution in [2.24, 2.45) is 0 Å². The third-order valence-electron chi connectivity index (χ3n) is 3.66. The monoisotopic (exact) mass is 364 g/mol. The fourth-order valence-electron chi connectivity index (χ4n) is 2.71. The summed E-state index contributed by atoms with van der Waals surface area (Å²) in [5.41, 5.74) is -0.237. The van der Waals surface area contributed by atoms with Crippen LogP contribution < -0.4 is 5.32 Å². The van der Waals surface area contributed by atoms with Crippen LogP contribution in [-0.2, 0) is 18.9 Å². The predicted molar refractivity (Wildman–Crippen MR) is 89.6 cm³/mol. The van der Waals surface area contributed by atoms with Gasteiger partial charge < -0.3 is 24.7 Å². The zero-order chi connectivity index (χ0) is 18.5. The lowest BCUT2D eigenvalue weighted by Crippen LogP contribution is -2.51. The number of hydrogen-bond acceptors (Lipinski definition) is 4. The molecule has 0 aromatic heterocycles. The fourth-order valence-corrected chi connectivity index (χ4v) is 3.31. The molecule has 1 aliphatic rings. The Morgan fingerprint density at radius 2 is 1.83 bits per heavy atom. The number of likely N-dealkylation sites (tertiary alicyclic amines) is 1. The van der Waals surface area contributed by atoms with Gasteiger partial charge in [0.15, 0.2) is 0 Å². The van der Waals surface area contributed by atoms with Crippen LogP contribution >= 0.6 is 7.60 Å². The number of ether oxygens (including phenoxy) is 1. The minimum absolute atomic E-state index is 0.0822. The van der Waals surface area contributed by atoms with E-state index in [0.29, 0.717) is 25.9 Å². The standard InChI is InChI=1S/C15H29N2O6P/c1-11(18)16-13(7-10-24(20,21)22)14(19)17-8-5-12(6-9-17)23-15(2,3)4/h12-13H,5-10H2,1-4H3,(H,16,18)(H2,20,21,22). The van der Waals surface area contributed by atoms with Crippen LogP contribution in [0.1, 0.15) is 47.0 Å². The largest absolute Gasteiger partial charge is 0.372 e. The van der Waals surface area contributed by atoms with Crippen molar-refractivity contribution in [1.82, 2.24) is 10.2 Å². The van der Waals surface area contributed by atoms with Crippen LogP contribution in [0.15, 0.2) is 0 Å². The molecule has 8 nitrogen and oxygen atoms in total. The Balaban J connectivity index is 2.61. The van der Waals surface area contributed by atoms with Gasteiger partial charge in [-0.3, -0.25) is 14.2 Å². The quantitative estimate of drug-likeness (QED) is 0.602. The molecule has 1 saturated heterocycles. The van der Waals surface area contributed by atoms with Crippen LogP contribution in [0, 0.1) is 0 Å². The molecule has 9 heteroatoms. The normalized spacial score (nSPS) is 18.3. The molecule has 2 amide bonds. The smallest absolute Gasteiger partial charge is 0.325 e. The lowest BCUT2D eigenvalue weighted by atomic mass is 10.0. The van der Waals surface area contributed by atoms with Crippen molar-refractivity contribution in [3.8, 4) is 0 Å². The zero-order valence-electron chi connectivity index (χ0n) is 14.8. The Kier molecular flexibility index (Phi) is 7.41. The van der Waals surface area contributed by atoms with Crippen molar-refractivity contribution in [1.29, 1.82) is 0 Å². The third-order valence-corrected chi connectivity index (χ3v) is 4.50. The topological polar surface area (TPSA) is 116 Å². The third kappa shape index (κ3) is 8.24. The Labute approximate surface area is 143 Å². The van der Waals surface area contributed by atoms with E-state index < -0.39 is 25.7 Å². The van der Waals surface area contributed by atoms with Gasteiger partial charge in [-0.05, 0) is 40.0 Å². The minimum atomic E-state index is -4.22. The van der Waals surface area contributed by atoms with Crippen LogP contribution in [0.4, 0.5) is 0 Å². The Morgan fingerprint density at radius 1 is 1.29 bits per heavy atom. The molecule has 140 valence electrons. The van der Waals surface area contributed by atoms with Crippen LogP contribution in [0.2, 0.25) is 0 Å². The minimum Gasteiger partial charge on any atom is -0.372 e. The van der Waals surface area contributed by atoms with Crippen molar-refractivity contribution in [3.05, 3.63) is 0 Å². The number of piperidine rings is 1. The van der Waals surface area contributed by atoms with Gasteiger partial charge in [0.25, 0.3) is 0 Å². The maximum atomic E-state index is 12.6. The van der Waals surface area contributed by atoms with E-state index in [0.717, 1.165) is 0 Å². The van der Waals surface area contributed by atoms with E-state index in [2.05, 4.69) is 5.32 Å². The highest BCUT2D eigenvalue weighted by atomic mass is 31.2. The summed E-state index contributed by atoms with van der Waals surface area (Å²) in [7, 11) is -4.22. The van der Waals surface area contributed by atoms with Gasteiger partial charge in [0.2, 0.25) is 11.8 Å². The number of carbonyl (C=O) groups excluding carboxylic acids is 2. The maximum Gasteiger partial charge on any atom is 0.325 e. The molecule has 1 heterocycles. The molecule has 1 aliphatic heterocycles. The number of nitrogens with one attached hydrogen (secondary N) is 1. The van der Waals surface area contributed by atoms with Crippen molar-refractivity contribution in [2.45, 2.75) is 64.7 Å². The molecule has 0 radical (unpaired) electrons. The SMILES string of the molecule is CC(=O)NC(CCP(=O)(O)O)C(=O)N1CCC(OC(C)(C)C)CC1. The van der Waals surface area contributed by atoms with E-state index in [4.69, 9.17) is 14.5 Å². The lowest BCUT2D eigenvalue weighted by molar-refractivity contribution is -0.140. The summed E-state index contributed by atoms with van der Waals surface area (Å²) in [6.45, 7) is 8.25. The average molecular weight is 364 g/mol. The molecule has 3 N–H and O–H groups in total. The van der Waals surface area contributed by atoms with Crippen LogP contribution in [0.3, 0.4) is 0 Å². The molecule has 0 aromatic carbocycles. The molecule has 0 spiro atoms. The van der Waals surface area contributed by atoms with Crippen molar-refractivity contribution in [3.63, 3.8) is 0 Å². The van der Waals surface area contributed by atoms with Gasteiger partial charge in [0.05, 0.1) is 17.9 Å². The van der Waals surface area contributed by atoms with Crippen LogP contribution in [-0.4, -0.2) is 63.5 Å². The second-order valence-corrected chi connectivity index (χ2v) is 8.96. The van der Waals surface area contributed by atoms with Crippen molar-refractivity contribution in [2.75, 3.05) is 19.3 Å². The first kappa shape index (κ1) is 21.1. The van der Waals surface area contributed by atoms with Gasteiger partial charge in [-0.25, -0.2) is 0 Å². The Bertz CT molecular complexity index is 491. The molecule has 1 fully saturated rings. The van der Waals surface area contributed by atoms with E-state index in [1.165, 1.54) is 6.92 Å². The highest BCUT2D eigenvalue weighted by molar-refractivity contribution is 7.51. The van der Waals surface area contributed by atoms with Gasteiger partial charge in [0, 0.05) is 20.0 Å². The second kappa shape index (κ2) is 8.43. The fraction of sp³-hybridized carbons (Fsp3) is 0.867. The summed E-state index contributed by atoms with van der Waals surface area (Å²) in [5.74, 6) is -0.696. The van der Waals surface area contributed by atoms with Crippen LogP contribution in [0.5, 0.6) is 0 Å².